The number of nitrogens with one attached hydrogen (secondary N) is 1. The first kappa shape index (κ1) is 17.6. The Hall–Kier alpha value is -3.17. The number of hydrogen-bond donors (Lipinski definition) is 1. The van der Waals surface area contributed by atoms with Crippen LogP contribution in [0.4, 0.5) is 5.69 Å². The summed E-state index contributed by atoms with van der Waals surface area (Å²) in [5.41, 5.74) is 5.80. The highest BCUT2D eigenvalue weighted by atomic mass is 16.6. The van der Waals surface area contributed by atoms with Crippen LogP contribution in [0, 0.1) is 18.8 Å². The molecule has 0 amide bonds. The van der Waals surface area contributed by atoms with Crippen molar-refractivity contribution in [2.24, 2.45) is 5.92 Å². The lowest BCUT2D eigenvalue weighted by Crippen LogP contribution is -2.25. The van der Waals surface area contributed by atoms with E-state index in [9.17, 15) is 4.79 Å². The van der Waals surface area contributed by atoms with Gasteiger partial charge in [0.2, 0.25) is 0 Å². The minimum absolute atomic E-state index is 0.0695. The second-order valence-electron chi connectivity index (χ2n) is 6.07. The third-order valence-corrected chi connectivity index (χ3v) is 4.20. The van der Waals surface area contributed by atoms with E-state index in [1.165, 1.54) is 12.8 Å². The zero-order valence-electron chi connectivity index (χ0n) is 14.6. The highest BCUT2D eigenvalue weighted by molar-refractivity contribution is 5.90. The lowest BCUT2D eigenvalue weighted by atomic mass is 10.1. The van der Waals surface area contributed by atoms with Gasteiger partial charge in [0.05, 0.1) is 18.2 Å². The summed E-state index contributed by atoms with van der Waals surface area (Å²) in [4.78, 5) is 22.0. The summed E-state index contributed by atoms with van der Waals surface area (Å²) in [6.45, 7) is 0.673. The average Bonchev–Trinajstić information content (AvgIpc) is 3.50. The molecule has 4 rings (SSSR count). The summed E-state index contributed by atoms with van der Waals surface area (Å²) in [5, 5.41) is 5.23. The Morgan fingerprint density at radius 1 is 1.27 bits per heavy atom. The maximum Gasteiger partial charge on any atom is 0.276 e. The van der Waals surface area contributed by atoms with Crippen LogP contribution in [0.15, 0.2) is 47.4 Å². The Morgan fingerprint density at radius 3 is 2.81 bits per heavy atom. The van der Waals surface area contributed by atoms with Crippen LogP contribution >= 0.6 is 0 Å². The standard InChI is InChI=1S/C18H18N4O2.C2H2/c1-24-21-14-5-2-4-13(10-14)16-17-15(6-3-9-19-17)18(23)22(20-16)11-12-7-8-12;1-2/h2-6,9-10,12,21H,7-8,11H2,1H3;1-2H. The molecule has 1 aliphatic carbocycles. The smallest absolute Gasteiger partial charge is 0.276 e. The molecule has 1 saturated carbocycles. The van der Waals surface area contributed by atoms with Gasteiger partial charge in [-0.05, 0) is 43.0 Å². The first-order valence-corrected chi connectivity index (χ1v) is 8.35. The Labute approximate surface area is 151 Å². The first-order valence-electron chi connectivity index (χ1n) is 8.35. The molecule has 2 aromatic heterocycles. The zero-order valence-corrected chi connectivity index (χ0v) is 14.6. The van der Waals surface area contributed by atoms with Crippen LogP contribution in [-0.4, -0.2) is 21.9 Å². The van der Waals surface area contributed by atoms with E-state index in [1.54, 1.807) is 24.1 Å². The summed E-state index contributed by atoms with van der Waals surface area (Å²) in [6.07, 6.45) is 12.0. The Bertz CT molecular complexity index is 990. The summed E-state index contributed by atoms with van der Waals surface area (Å²) >= 11 is 0. The summed E-state index contributed by atoms with van der Waals surface area (Å²) in [6, 6.07) is 11.3. The second kappa shape index (κ2) is 7.81. The first-order chi connectivity index (χ1) is 12.8. The van der Waals surface area contributed by atoms with E-state index in [-0.39, 0.29) is 5.56 Å². The molecule has 0 unspecified atom stereocenters. The molecular formula is C20H20N4O2. The highest BCUT2D eigenvalue weighted by Gasteiger charge is 2.24. The van der Waals surface area contributed by atoms with Crippen molar-refractivity contribution in [3.05, 3.63) is 52.9 Å². The molecule has 132 valence electrons. The minimum atomic E-state index is -0.0695. The van der Waals surface area contributed by atoms with Crippen LogP contribution < -0.4 is 11.0 Å². The molecule has 0 aliphatic heterocycles. The monoisotopic (exact) mass is 348 g/mol. The van der Waals surface area contributed by atoms with Gasteiger partial charge in [-0.25, -0.2) is 4.68 Å². The minimum Gasteiger partial charge on any atom is -0.279 e. The van der Waals surface area contributed by atoms with E-state index in [2.05, 4.69) is 28.4 Å². The Balaban J connectivity index is 0.000000948. The molecule has 0 saturated heterocycles. The van der Waals surface area contributed by atoms with Gasteiger partial charge >= 0.3 is 0 Å². The van der Waals surface area contributed by atoms with E-state index in [0.717, 1.165) is 11.3 Å². The lowest BCUT2D eigenvalue weighted by Gasteiger charge is -2.11. The van der Waals surface area contributed by atoms with E-state index in [4.69, 9.17) is 4.84 Å². The number of benzene rings is 1. The lowest BCUT2D eigenvalue weighted by molar-refractivity contribution is 0.271. The van der Waals surface area contributed by atoms with Crippen LogP contribution in [0.2, 0.25) is 0 Å². The van der Waals surface area contributed by atoms with Gasteiger partial charge in [-0.2, -0.15) is 5.10 Å². The highest BCUT2D eigenvalue weighted by Crippen LogP contribution is 2.31. The van der Waals surface area contributed by atoms with Crippen LogP contribution in [0.25, 0.3) is 22.2 Å². The van der Waals surface area contributed by atoms with Gasteiger partial charge in [-0.3, -0.25) is 20.1 Å². The van der Waals surface area contributed by atoms with E-state index in [1.807, 2.05) is 30.3 Å². The van der Waals surface area contributed by atoms with Gasteiger partial charge in [0, 0.05) is 18.3 Å². The molecule has 3 aromatic rings. The van der Waals surface area contributed by atoms with Crippen molar-refractivity contribution in [1.82, 2.24) is 14.8 Å². The molecule has 2 heterocycles. The molecule has 6 nitrogen and oxygen atoms in total. The number of aromatic nitrogens is 3. The predicted octanol–water partition coefficient (Wildman–Crippen LogP) is 3.09. The molecule has 0 atom stereocenters. The van der Waals surface area contributed by atoms with Gasteiger partial charge in [0.25, 0.3) is 5.56 Å². The number of rotatable bonds is 5. The van der Waals surface area contributed by atoms with Gasteiger partial charge in [-0.1, -0.05) is 12.1 Å². The molecular weight excluding hydrogens is 328 g/mol. The molecule has 1 fully saturated rings. The molecule has 0 spiro atoms. The molecule has 1 aromatic carbocycles. The third kappa shape index (κ3) is 3.58. The van der Waals surface area contributed by atoms with E-state index in [0.29, 0.717) is 29.1 Å². The largest absolute Gasteiger partial charge is 0.279 e. The number of anilines is 1. The van der Waals surface area contributed by atoms with Crippen molar-refractivity contribution < 1.29 is 4.84 Å². The topological polar surface area (TPSA) is 69.0 Å². The molecule has 0 radical (unpaired) electrons. The maximum absolute atomic E-state index is 12.7. The maximum atomic E-state index is 12.7. The molecule has 0 bridgehead atoms. The molecule has 1 aliphatic rings. The van der Waals surface area contributed by atoms with E-state index >= 15 is 0 Å². The van der Waals surface area contributed by atoms with Crippen molar-refractivity contribution in [1.29, 1.82) is 0 Å². The summed E-state index contributed by atoms with van der Waals surface area (Å²) in [7, 11) is 1.57. The number of pyridine rings is 1. The SMILES string of the molecule is C#C.CONc1cccc(-c2nn(CC3CC3)c(=O)c3cccnc23)c1. The fraction of sp³-hybridized carbons (Fsp3) is 0.250. The van der Waals surface area contributed by atoms with Crippen LogP contribution in [0.1, 0.15) is 12.8 Å². The Morgan fingerprint density at radius 2 is 2.08 bits per heavy atom. The van der Waals surface area contributed by atoms with Crippen molar-refractivity contribution in [3.8, 4) is 24.1 Å². The van der Waals surface area contributed by atoms with Gasteiger partial charge in [0.1, 0.15) is 11.2 Å². The third-order valence-electron chi connectivity index (χ3n) is 4.20. The molecule has 1 N–H and O–H groups in total. The van der Waals surface area contributed by atoms with Crippen molar-refractivity contribution in [2.45, 2.75) is 19.4 Å². The zero-order chi connectivity index (χ0) is 18.5. The number of fused-ring (bicyclic) bond motifs is 1. The van der Waals surface area contributed by atoms with Gasteiger partial charge in [0.15, 0.2) is 0 Å². The fourth-order valence-corrected chi connectivity index (χ4v) is 2.83. The quantitative estimate of drug-likeness (QED) is 0.567. The van der Waals surface area contributed by atoms with Crippen LogP contribution in [-0.2, 0) is 11.4 Å². The number of nitrogens with zero attached hydrogens (tertiary/aromatic N) is 3. The van der Waals surface area contributed by atoms with Gasteiger partial charge < -0.3 is 0 Å². The van der Waals surface area contributed by atoms with Gasteiger partial charge in [-0.15, -0.1) is 12.8 Å². The van der Waals surface area contributed by atoms with Crippen LogP contribution in [0.5, 0.6) is 0 Å². The fourth-order valence-electron chi connectivity index (χ4n) is 2.83. The van der Waals surface area contributed by atoms with Crippen LogP contribution in [0.3, 0.4) is 0 Å². The Kier molecular flexibility index (Phi) is 5.30. The van der Waals surface area contributed by atoms with Crippen molar-refractivity contribution >= 4 is 16.6 Å². The summed E-state index contributed by atoms with van der Waals surface area (Å²) < 4.78 is 1.59. The van der Waals surface area contributed by atoms with Crippen molar-refractivity contribution in [2.75, 3.05) is 12.6 Å². The average molecular weight is 348 g/mol. The number of terminal acetylenes is 1. The normalized spacial score (nSPS) is 13.0. The summed E-state index contributed by atoms with van der Waals surface area (Å²) in [5.74, 6) is 0.568. The molecule has 6 heteroatoms. The van der Waals surface area contributed by atoms with Crippen molar-refractivity contribution in [3.63, 3.8) is 0 Å². The predicted molar refractivity (Wildman–Crippen MR) is 102 cm³/mol. The van der Waals surface area contributed by atoms with E-state index < -0.39 is 0 Å². The molecule has 26 heavy (non-hydrogen) atoms. The number of hydrogen-bond acceptors (Lipinski definition) is 5. The second-order valence-corrected chi connectivity index (χ2v) is 6.07.